The third-order valence-corrected chi connectivity index (χ3v) is 4.14. The van der Waals surface area contributed by atoms with Crippen LogP contribution in [-0.4, -0.2) is 38.9 Å². The second-order valence-corrected chi connectivity index (χ2v) is 5.40. The van der Waals surface area contributed by atoms with Gasteiger partial charge < -0.3 is 9.47 Å². The van der Waals surface area contributed by atoms with Gasteiger partial charge in [-0.25, -0.2) is 0 Å². The molecule has 0 spiro atoms. The summed E-state index contributed by atoms with van der Waals surface area (Å²) in [5.41, 5.74) is 0. The molecule has 16 heavy (non-hydrogen) atoms. The Morgan fingerprint density at radius 3 is 1.69 bits per heavy atom. The molecule has 0 aliphatic heterocycles. The Kier molecular flexibility index (Phi) is 7.76. The number of benzene rings is 1. The molecule has 1 rings (SSSR count). The van der Waals surface area contributed by atoms with Crippen LogP contribution in [0.3, 0.4) is 0 Å². The van der Waals surface area contributed by atoms with Crippen molar-refractivity contribution >= 4 is 23.5 Å². The van der Waals surface area contributed by atoms with E-state index in [1.807, 2.05) is 23.5 Å². The van der Waals surface area contributed by atoms with E-state index in [0.29, 0.717) is 0 Å². The van der Waals surface area contributed by atoms with Gasteiger partial charge >= 0.3 is 0 Å². The molecule has 1 aromatic rings. The first-order valence-corrected chi connectivity index (χ1v) is 7.18. The molecule has 0 fully saturated rings. The molecule has 0 saturated heterocycles. The molecule has 0 bridgehead atoms. The van der Waals surface area contributed by atoms with Crippen LogP contribution in [0.25, 0.3) is 0 Å². The van der Waals surface area contributed by atoms with Crippen LogP contribution >= 0.6 is 23.5 Å². The monoisotopic (exact) mass is 258 g/mol. The highest BCUT2D eigenvalue weighted by molar-refractivity contribution is 8.02. The van der Waals surface area contributed by atoms with E-state index in [0.717, 1.165) is 24.7 Å². The minimum Gasteiger partial charge on any atom is -0.384 e. The van der Waals surface area contributed by atoms with Crippen molar-refractivity contribution in [1.82, 2.24) is 0 Å². The van der Waals surface area contributed by atoms with Gasteiger partial charge in [-0.15, -0.1) is 23.5 Å². The predicted octanol–water partition coefficient (Wildman–Crippen LogP) is 3.16. The molecule has 0 aromatic heterocycles. The lowest BCUT2D eigenvalue weighted by Crippen LogP contribution is -1.93. The summed E-state index contributed by atoms with van der Waals surface area (Å²) >= 11 is 3.69. The first kappa shape index (κ1) is 13.9. The molecule has 2 nitrogen and oxygen atoms in total. The lowest BCUT2D eigenvalue weighted by molar-refractivity contribution is 0.218. The standard InChI is InChI=1S/C12H18O2S2/c1-13-7-9-15-11-5-3-4-6-12(11)16-10-8-14-2/h3-6H,7-10H2,1-2H3. The van der Waals surface area contributed by atoms with Gasteiger partial charge in [0, 0.05) is 35.5 Å². The second kappa shape index (κ2) is 8.93. The third kappa shape index (κ3) is 5.25. The van der Waals surface area contributed by atoms with Gasteiger partial charge in [0.05, 0.1) is 13.2 Å². The fraction of sp³-hybridized carbons (Fsp3) is 0.500. The summed E-state index contributed by atoms with van der Waals surface area (Å²) in [5, 5.41) is 0. The van der Waals surface area contributed by atoms with Crippen LogP contribution in [0, 0.1) is 0 Å². The number of methoxy groups -OCH3 is 2. The fourth-order valence-corrected chi connectivity index (χ4v) is 3.22. The van der Waals surface area contributed by atoms with Crippen LogP contribution in [0.2, 0.25) is 0 Å². The van der Waals surface area contributed by atoms with Crippen LogP contribution in [0.15, 0.2) is 34.1 Å². The maximum Gasteiger partial charge on any atom is 0.0556 e. The molecule has 4 heteroatoms. The van der Waals surface area contributed by atoms with Gasteiger partial charge in [0.2, 0.25) is 0 Å². The molecule has 1 aromatic carbocycles. The van der Waals surface area contributed by atoms with E-state index in [1.54, 1.807) is 14.2 Å². The number of rotatable bonds is 8. The van der Waals surface area contributed by atoms with Crippen LogP contribution in [-0.2, 0) is 9.47 Å². The molecule has 0 unspecified atom stereocenters. The van der Waals surface area contributed by atoms with Gasteiger partial charge in [0.15, 0.2) is 0 Å². The van der Waals surface area contributed by atoms with Crippen LogP contribution < -0.4 is 0 Å². The van der Waals surface area contributed by atoms with E-state index in [4.69, 9.17) is 9.47 Å². The van der Waals surface area contributed by atoms with E-state index in [1.165, 1.54) is 9.79 Å². The van der Waals surface area contributed by atoms with Gasteiger partial charge in [-0.3, -0.25) is 0 Å². The Bertz CT molecular complexity index is 263. The summed E-state index contributed by atoms with van der Waals surface area (Å²) in [6.45, 7) is 1.59. The van der Waals surface area contributed by atoms with E-state index in [9.17, 15) is 0 Å². The first-order chi connectivity index (χ1) is 7.88. The molecule has 0 radical (unpaired) electrons. The minimum atomic E-state index is 0.793. The van der Waals surface area contributed by atoms with E-state index < -0.39 is 0 Å². The van der Waals surface area contributed by atoms with Crippen LogP contribution in [0.1, 0.15) is 0 Å². The van der Waals surface area contributed by atoms with Crippen molar-refractivity contribution < 1.29 is 9.47 Å². The van der Waals surface area contributed by atoms with Crippen molar-refractivity contribution in [2.45, 2.75) is 9.79 Å². The normalized spacial score (nSPS) is 10.6. The summed E-state index contributed by atoms with van der Waals surface area (Å²) in [4.78, 5) is 2.67. The summed E-state index contributed by atoms with van der Waals surface area (Å²) in [6, 6.07) is 8.48. The Morgan fingerprint density at radius 2 is 1.31 bits per heavy atom. The van der Waals surface area contributed by atoms with Crippen molar-refractivity contribution in [3.05, 3.63) is 24.3 Å². The minimum absolute atomic E-state index is 0.793. The molecule has 0 aliphatic carbocycles. The lowest BCUT2D eigenvalue weighted by Gasteiger charge is -2.08. The molecule has 0 atom stereocenters. The van der Waals surface area contributed by atoms with Gasteiger partial charge in [0.25, 0.3) is 0 Å². The van der Waals surface area contributed by atoms with Gasteiger partial charge in [-0.1, -0.05) is 12.1 Å². The third-order valence-electron chi connectivity index (χ3n) is 1.94. The summed E-state index contributed by atoms with van der Waals surface area (Å²) in [6.07, 6.45) is 0. The average Bonchev–Trinajstić information content (AvgIpc) is 2.32. The predicted molar refractivity (Wildman–Crippen MR) is 71.6 cm³/mol. The highest BCUT2D eigenvalue weighted by Crippen LogP contribution is 2.30. The first-order valence-electron chi connectivity index (χ1n) is 5.21. The van der Waals surface area contributed by atoms with Crippen LogP contribution in [0.5, 0.6) is 0 Å². The zero-order valence-corrected chi connectivity index (χ0v) is 11.4. The summed E-state index contributed by atoms with van der Waals surface area (Å²) in [5.74, 6) is 2.00. The molecule has 0 amide bonds. The van der Waals surface area contributed by atoms with E-state index in [-0.39, 0.29) is 0 Å². The van der Waals surface area contributed by atoms with Crippen LogP contribution in [0.4, 0.5) is 0 Å². The SMILES string of the molecule is COCCSc1ccccc1SCCOC. The summed E-state index contributed by atoms with van der Waals surface area (Å²) in [7, 11) is 3.47. The zero-order valence-electron chi connectivity index (χ0n) is 9.77. The summed E-state index contributed by atoms with van der Waals surface area (Å²) < 4.78 is 10.1. The van der Waals surface area contributed by atoms with Crippen molar-refractivity contribution in [3.63, 3.8) is 0 Å². The maximum absolute atomic E-state index is 5.05. The molecule has 90 valence electrons. The number of hydrogen-bond acceptors (Lipinski definition) is 4. The second-order valence-electron chi connectivity index (χ2n) is 3.13. The van der Waals surface area contributed by atoms with Crippen molar-refractivity contribution in [3.8, 4) is 0 Å². The number of ether oxygens (including phenoxy) is 2. The smallest absolute Gasteiger partial charge is 0.0556 e. The van der Waals surface area contributed by atoms with E-state index >= 15 is 0 Å². The molecule has 0 N–H and O–H groups in total. The lowest BCUT2D eigenvalue weighted by atomic mass is 10.4. The largest absolute Gasteiger partial charge is 0.384 e. The Balaban J connectivity index is 2.46. The Morgan fingerprint density at radius 1 is 0.875 bits per heavy atom. The van der Waals surface area contributed by atoms with Gasteiger partial charge in [-0.2, -0.15) is 0 Å². The molecule has 0 aliphatic rings. The quantitative estimate of drug-likeness (QED) is 0.526. The Hall–Kier alpha value is -0.160. The molecular formula is C12H18O2S2. The zero-order chi connectivity index (χ0) is 11.6. The fourth-order valence-electron chi connectivity index (χ4n) is 1.16. The van der Waals surface area contributed by atoms with Gasteiger partial charge in [-0.05, 0) is 12.1 Å². The van der Waals surface area contributed by atoms with Gasteiger partial charge in [0.1, 0.15) is 0 Å². The molecule has 0 saturated carbocycles. The van der Waals surface area contributed by atoms with E-state index in [2.05, 4.69) is 24.3 Å². The molecule has 0 heterocycles. The number of thioether (sulfide) groups is 2. The highest BCUT2D eigenvalue weighted by Gasteiger charge is 2.02. The number of hydrogen-bond donors (Lipinski definition) is 0. The topological polar surface area (TPSA) is 18.5 Å². The Labute approximate surface area is 106 Å². The van der Waals surface area contributed by atoms with Crippen molar-refractivity contribution in [2.75, 3.05) is 38.9 Å². The van der Waals surface area contributed by atoms with Crippen molar-refractivity contribution in [2.24, 2.45) is 0 Å². The highest BCUT2D eigenvalue weighted by atomic mass is 32.2. The average molecular weight is 258 g/mol. The van der Waals surface area contributed by atoms with Crippen molar-refractivity contribution in [1.29, 1.82) is 0 Å². The maximum atomic E-state index is 5.05. The molecular weight excluding hydrogens is 240 g/mol.